The second-order valence-corrected chi connectivity index (χ2v) is 4.17. The Morgan fingerprint density at radius 2 is 1.86 bits per heavy atom. The minimum absolute atomic E-state index is 0.00109. The maximum absolute atomic E-state index is 13.3. The predicted octanol–water partition coefficient (Wildman–Crippen LogP) is 2.88. The van der Waals surface area contributed by atoms with Crippen LogP contribution in [0.1, 0.15) is 5.56 Å². The number of esters is 1. The molecule has 0 spiro atoms. The van der Waals surface area contributed by atoms with Crippen LogP contribution in [0, 0.1) is 17.1 Å². The summed E-state index contributed by atoms with van der Waals surface area (Å²) >= 11 is 0. The standard InChI is InChI=1S/C16H12FNO3/c17-14-3-1-2-4-15(14)20-11-16(19)21-13-7-5-12(6-8-13)9-10-18/h1-8H,9,11H2. The number of benzene rings is 2. The number of hydrogen-bond acceptors (Lipinski definition) is 4. The van der Waals surface area contributed by atoms with E-state index in [0.29, 0.717) is 12.2 Å². The van der Waals surface area contributed by atoms with E-state index in [2.05, 4.69) is 0 Å². The second kappa shape index (κ2) is 7.06. The topological polar surface area (TPSA) is 59.3 Å². The molecule has 0 aliphatic heterocycles. The maximum atomic E-state index is 13.3. The number of rotatable bonds is 5. The Balaban J connectivity index is 1.87. The first-order chi connectivity index (χ1) is 10.2. The van der Waals surface area contributed by atoms with Gasteiger partial charge in [0, 0.05) is 0 Å². The monoisotopic (exact) mass is 285 g/mol. The van der Waals surface area contributed by atoms with Crippen molar-refractivity contribution in [3.63, 3.8) is 0 Å². The molecule has 0 heterocycles. The SMILES string of the molecule is N#CCc1ccc(OC(=O)COc2ccccc2F)cc1. The summed E-state index contributed by atoms with van der Waals surface area (Å²) < 4.78 is 23.4. The zero-order valence-corrected chi connectivity index (χ0v) is 11.1. The van der Waals surface area contributed by atoms with Crippen LogP contribution in [-0.2, 0) is 11.2 Å². The maximum Gasteiger partial charge on any atom is 0.349 e. The minimum atomic E-state index is -0.633. The summed E-state index contributed by atoms with van der Waals surface area (Å²) in [6.45, 7) is -0.388. The lowest BCUT2D eigenvalue weighted by molar-refractivity contribution is -0.136. The van der Waals surface area contributed by atoms with Crippen LogP contribution in [0.3, 0.4) is 0 Å². The third-order valence-corrected chi connectivity index (χ3v) is 2.62. The lowest BCUT2D eigenvalue weighted by Gasteiger charge is -2.07. The van der Waals surface area contributed by atoms with Crippen molar-refractivity contribution in [2.45, 2.75) is 6.42 Å². The van der Waals surface area contributed by atoms with E-state index < -0.39 is 11.8 Å². The van der Waals surface area contributed by atoms with Crippen LogP contribution >= 0.6 is 0 Å². The van der Waals surface area contributed by atoms with E-state index in [9.17, 15) is 9.18 Å². The average Bonchev–Trinajstić information content (AvgIpc) is 2.49. The molecule has 5 heteroatoms. The fourth-order valence-electron chi connectivity index (χ4n) is 1.63. The van der Waals surface area contributed by atoms with Crippen molar-refractivity contribution in [2.75, 3.05) is 6.61 Å². The van der Waals surface area contributed by atoms with Gasteiger partial charge >= 0.3 is 5.97 Å². The summed E-state index contributed by atoms with van der Waals surface area (Å²) in [4.78, 5) is 11.6. The van der Waals surface area contributed by atoms with Crippen LogP contribution in [0.5, 0.6) is 11.5 Å². The summed E-state index contributed by atoms with van der Waals surface area (Å²) in [6, 6.07) is 14.4. The predicted molar refractivity (Wildman–Crippen MR) is 73.3 cm³/mol. The van der Waals surface area contributed by atoms with Gasteiger partial charge < -0.3 is 9.47 Å². The summed E-state index contributed by atoms with van der Waals surface area (Å²) in [5.41, 5.74) is 0.833. The largest absolute Gasteiger partial charge is 0.479 e. The smallest absolute Gasteiger partial charge is 0.349 e. The van der Waals surface area contributed by atoms with Gasteiger partial charge in [-0.05, 0) is 29.8 Å². The van der Waals surface area contributed by atoms with Crippen molar-refractivity contribution < 1.29 is 18.7 Å². The summed E-state index contributed by atoms with van der Waals surface area (Å²) in [6.07, 6.45) is 0.296. The van der Waals surface area contributed by atoms with Gasteiger partial charge in [-0.3, -0.25) is 0 Å². The third-order valence-electron chi connectivity index (χ3n) is 2.62. The van der Waals surface area contributed by atoms with Crippen molar-refractivity contribution in [3.8, 4) is 17.6 Å². The van der Waals surface area contributed by atoms with Crippen LogP contribution in [-0.4, -0.2) is 12.6 Å². The van der Waals surface area contributed by atoms with Crippen LogP contribution in [0.15, 0.2) is 48.5 Å². The molecule has 0 saturated heterocycles. The van der Waals surface area contributed by atoms with Gasteiger partial charge in [0.1, 0.15) is 5.75 Å². The van der Waals surface area contributed by atoms with Crippen LogP contribution in [0.2, 0.25) is 0 Å². The Morgan fingerprint density at radius 3 is 2.52 bits per heavy atom. The molecule has 21 heavy (non-hydrogen) atoms. The molecule has 0 unspecified atom stereocenters. The molecule has 0 fully saturated rings. The van der Waals surface area contributed by atoms with Crippen molar-refractivity contribution >= 4 is 5.97 Å². The molecule has 0 saturated carbocycles. The van der Waals surface area contributed by atoms with Crippen molar-refractivity contribution in [1.82, 2.24) is 0 Å². The molecule has 0 bridgehead atoms. The van der Waals surface area contributed by atoms with Crippen LogP contribution in [0.4, 0.5) is 4.39 Å². The number of halogens is 1. The molecule has 106 valence electrons. The molecule has 0 amide bonds. The number of ether oxygens (including phenoxy) is 2. The fraction of sp³-hybridized carbons (Fsp3) is 0.125. The van der Waals surface area contributed by atoms with E-state index in [1.807, 2.05) is 6.07 Å². The number of carbonyl (C=O) groups is 1. The molecule has 4 nitrogen and oxygen atoms in total. The molecular formula is C16H12FNO3. The number of hydrogen-bond donors (Lipinski definition) is 0. The van der Waals surface area contributed by atoms with E-state index in [1.165, 1.54) is 18.2 Å². The quantitative estimate of drug-likeness (QED) is 0.626. The Morgan fingerprint density at radius 1 is 1.14 bits per heavy atom. The first-order valence-electron chi connectivity index (χ1n) is 6.23. The molecule has 0 aromatic heterocycles. The molecule has 2 aromatic rings. The number of para-hydroxylation sites is 1. The lowest BCUT2D eigenvalue weighted by atomic mass is 10.2. The Hall–Kier alpha value is -2.87. The number of carbonyl (C=O) groups excluding carboxylic acids is 1. The summed E-state index contributed by atoms with van der Waals surface area (Å²) in [7, 11) is 0. The highest BCUT2D eigenvalue weighted by atomic mass is 19.1. The van der Waals surface area contributed by atoms with Crippen LogP contribution in [0.25, 0.3) is 0 Å². The van der Waals surface area contributed by atoms with E-state index in [4.69, 9.17) is 14.7 Å². The molecule has 0 aliphatic carbocycles. The van der Waals surface area contributed by atoms with Gasteiger partial charge in [0.05, 0.1) is 12.5 Å². The minimum Gasteiger partial charge on any atom is -0.479 e. The van der Waals surface area contributed by atoms with Crippen molar-refractivity contribution in [1.29, 1.82) is 5.26 Å². The van der Waals surface area contributed by atoms with Gasteiger partial charge in [-0.15, -0.1) is 0 Å². The van der Waals surface area contributed by atoms with E-state index in [1.54, 1.807) is 30.3 Å². The van der Waals surface area contributed by atoms with Gasteiger partial charge in [-0.1, -0.05) is 24.3 Å². The van der Waals surface area contributed by atoms with Gasteiger partial charge in [0.2, 0.25) is 0 Å². The number of nitrogens with zero attached hydrogens (tertiary/aromatic N) is 1. The highest BCUT2D eigenvalue weighted by Gasteiger charge is 2.08. The molecule has 2 rings (SSSR count). The summed E-state index contributed by atoms with van der Waals surface area (Å²) in [5.74, 6) is -0.824. The molecule has 2 aromatic carbocycles. The molecule has 0 atom stereocenters. The Bertz CT molecular complexity index is 662. The van der Waals surface area contributed by atoms with Crippen molar-refractivity contribution in [2.24, 2.45) is 0 Å². The molecule has 0 aliphatic rings. The zero-order chi connectivity index (χ0) is 15.1. The van der Waals surface area contributed by atoms with Gasteiger partial charge in [-0.25, -0.2) is 9.18 Å². The first kappa shape index (κ1) is 14.5. The van der Waals surface area contributed by atoms with Gasteiger partial charge in [0.15, 0.2) is 18.2 Å². The summed E-state index contributed by atoms with van der Waals surface area (Å²) in [5, 5.41) is 8.55. The zero-order valence-electron chi connectivity index (χ0n) is 11.1. The van der Waals surface area contributed by atoms with Crippen molar-refractivity contribution in [3.05, 3.63) is 59.9 Å². The molecule has 0 radical (unpaired) electrons. The Kier molecular flexibility index (Phi) is 4.89. The number of nitriles is 1. The van der Waals surface area contributed by atoms with E-state index in [0.717, 1.165) is 5.56 Å². The lowest BCUT2D eigenvalue weighted by Crippen LogP contribution is -2.18. The molecular weight excluding hydrogens is 273 g/mol. The van der Waals surface area contributed by atoms with E-state index >= 15 is 0 Å². The molecule has 0 N–H and O–H groups in total. The van der Waals surface area contributed by atoms with Crippen LogP contribution < -0.4 is 9.47 Å². The normalized spacial score (nSPS) is 9.71. The van der Waals surface area contributed by atoms with E-state index in [-0.39, 0.29) is 12.4 Å². The highest BCUT2D eigenvalue weighted by molar-refractivity contribution is 5.73. The van der Waals surface area contributed by atoms with Gasteiger partial charge in [-0.2, -0.15) is 5.26 Å². The second-order valence-electron chi connectivity index (χ2n) is 4.17. The Labute approximate surface area is 121 Å². The average molecular weight is 285 g/mol. The third kappa shape index (κ3) is 4.32. The fourth-order valence-corrected chi connectivity index (χ4v) is 1.63. The van der Waals surface area contributed by atoms with Gasteiger partial charge in [0.25, 0.3) is 0 Å². The first-order valence-corrected chi connectivity index (χ1v) is 6.23. The highest BCUT2D eigenvalue weighted by Crippen LogP contribution is 2.16.